The number of likely N-dealkylation sites (N-methyl/N-ethyl adjacent to an activating group) is 1. The Balaban J connectivity index is 1.49. The van der Waals surface area contributed by atoms with Crippen LogP contribution in [0.15, 0.2) is 29.4 Å². The number of piperidine rings is 1. The Labute approximate surface area is 181 Å². The number of likely N-dealkylation sites (tertiary alicyclic amines) is 1. The number of aliphatic imine (C=N–C) groups is 1. The second kappa shape index (κ2) is 11.9. The van der Waals surface area contributed by atoms with Crippen molar-refractivity contribution in [3.05, 3.63) is 30.1 Å². The molecule has 0 spiro atoms. The highest BCUT2D eigenvalue weighted by Crippen LogP contribution is 2.22. The third kappa shape index (κ3) is 7.59. The van der Waals surface area contributed by atoms with Crippen LogP contribution in [0.1, 0.15) is 50.6 Å². The summed E-state index contributed by atoms with van der Waals surface area (Å²) in [6.07, 6.45) is 10.6. The van der Waals surface area contributed by atoms with Crippen molar-refractivity contribution in [1.29, 1.82) is 0 Å². The Morgan fingerprint density at radius 3 is 2.60 bits per heavy atom. The number of carbonyl (C=O) groups excluding carboxylic acids is 1. The van der Waals surface area contributed by atoms with Gasteiger partial charge in [-0.1, -0.05) is 25.3 Å². The van der Waals surface area contributed by atoms with E-state index in [0.717, 1.165) is 56.6 Å². The Kier molecular flexibility index (Phi) is 8.93. The summed E-state index contributed by atoms with van der Waals surface area (Å²) in [6.45, 7) is 4.12. The van der Waals surface area contributed by atoms with Crippen LogP contribution in [0.3, 0.4) is 0 Å². The zero-order chi connectivity index (χ0) is 21.2. The second-order valence-electron chi connectivity index (χ2n) is 8.85. The van der Waals surface area contributed by atoms with E-state index in [9.17, 15) is 4.79 Å². The third-order valence-corrected chi connectivity index (χ3v) is 6.19. The summed E-state index contributed by atoms with van der Waals surface area (Å²) in [4.78, 5) is 25.1. The van der Waals surface area contributed by atoms with Gasteiger partial charge >= 0.3 is 0 Å². The number of nitrogens with one attached hydrogen (secondary N) is 2. The van der Waals surface area contributed by atoms with Crippen molar-refractivity contribution >= 4 is 11.9 Å². The number of guanidine groups is 1. The fourth-order valence-corrected chi connectivity index (χ4v) is 4.22. The Bertz CT molecular complexity index is 664. The molecule has 2 heterocycles. The topological polar surface area (TPSA) is 72.9 Å². The van der Waals surface area contributed by atoms with Gasteiger partial charge in [0, 0.05) is 52.5 Å². The first-order chi connectivity index (χ1) is 14.6. The van der Waals surface area contributed by atoms with Gasteiger partial charge in [0.05, 0.1) is 5.69 Å². The van der Waals surface area contributed by atoms with Crippen molar-refractivity contribution in [1.82, 2.24) is 25.4 Å². The quantitative estimate of drug-likeness (QED) is 0.529. The number of amides is 1. The SMILES string of the molecule is CN(C)C(=O)CN=C(NCC1CCCCC1)NC1CCN(Cc2ccccn2)CC1. The van der Waals surface area contributed by atoms with Crippen LogP contribution < -0.4 is 10.6 Å². The van der Waals surface area contributed by atoms with Gasteiger partial charge in [0.15, 0.2) is 5.96 Å². The van der Waals surface area contributed by atoms with Gasteiger partial charge in [0.1, 0.15) is 6.54 Å². The van der Waals surface area contributed by atoms with Crippen LogP contribution in [-0.2, 0) is 11.3 Å². The molecule has 30 heavy (non-hydrogen) atoms. The molecule has 1 aromatic heterocycles. The predicted molar refractivity (Wildman–Crippen MR) is 121 cm³/mol. The van der Waals surface area contributed by atoms with E-state index in [2.05, 4.69) is 31.6 Å². The van der Waals surface area contributed by atoms with Crippen molar-refractivity contribution in [2.24, 2.45) is 10.9 Å². The van der Waals surface area contributed by atoms with Gasteiger partial charge in [-0.25, -0.2) is 4.99 Å². The number of carbonyl (C=O) groups is 1. The molecule has 0 radical (unpaired) electrons. The summed E-state index contributed by atoms with van der Waals surface area (Å²) in [5, 5.41) is 7.13. The molecule has 166 valence electrons. The van der Waals surface area contributed by atoms with Gasteiger partial charge in [0.2, 0.25) is 5.91 Å². The summed E-state index contributed by atoms with van der Waals surface area (Å²) < 4.78 is 0. The van der Waals surface area contributed by atoms with Gasteiger partial charge < -0.3 is 15.5 Å². The van der Waals surface area contributed by atoms with Crippen molar-refractivity contribution in [2.75, 3.05) is 40.3 Å². The van der Waals surface area contributed by atoms with Gasteiger partial charge in [-0.3, -0.25) is 14.7 Å². The van der Waals surface area contributed by atoms with Crippen LogP contribution in [0.2, 0.25) is 0 Å². The molecule has 0 aromatic carbocycles. The highest BCUT2D eigenvalue weighted by Gasteiger charge is 2.21. The van der Waals surface area contributed by atoms with Crippen molar-refractivity contribution in [2.45, 2.75) is 57.5 Å². The van der Waals surface area contributed by atoms with Crippen molar-refractivity contribution in [3.63, 3.8) is 0 Å². The Hall–Kier alpha value is -2.15. The summed E-state index contributed by atoms with van der Waals surface area (Å²) in [5.74, 6) is 1.54. The molecule has 2 fully saturated rings. The van der Waals surface area contributed by atoms with Gasteiger partial charge in [-0.2, -0.15) is 0 Å². The lowest BCUT2D eigenvalue weighted by Crippen LogP contribution is -2.49. The number of aromatic nitrogens is 1. The lowest BCUT2D eigenvalue weighted by molar-refractivity contribution is -0.127. The second-order valence-corrected chi connectivity index (χ2v) is 8.85. The summed E-state index contributed by atoms with van der Waals surface area (Å²) in [6, 6.07) is 6.48. The molecular weight excluding hydrogens is 376 g/mol. The minimum atomic E-state index is 0.0268. The summed E-state index contributed by atoms with van der Waals surface area (Å²) >= 11 is 0. The van der Waals surface area contributed by atoms with Crippen LogP contribution in [0.25, 0.3) is 0 Å². The molecular formula is C23H38N6O. The Morgan fingerprint density at radius 1 is 1.17 bits per heavy atom. The zero-order valence-corrected chi connectivity index (χ0v) is 18.6. The normalized spacial score (nSPS) is 19.5. The van der Waals surface area contributed by atoms with Gasteiger partial charge in [-0.15, -0.1) is 0 Å². The van der Waals surface area contributed by atoms with E-state index in [1.54, 1.807) is 19.0 Å². The first-order valence-corrected chi connectivity index (χ1v) is 11.5. The molecule has 1 aliphatic carbocycles. The third-order valence-electron chi connectivity index (χ3n) is 6.19. The van der Waals surface area contributed by atoms with E-state index in [-0.39, 0.29) is 12.5 Å². The number of hydrogen-bond donors (Lipinski definition) is 2. The highest BCUT2D eigenvalue weighted by molar-refractivity contribution is 5.84. The minimum Gasteiger partial charge on any atom is -0.356 e. The minimum absolute atomic E-state index is 0.0268. The van der Waals surface area contributed by atoms with E-state index in [1.165, 1.54) is 32.1 Å². The highest BCUT2D eigenvalue weighted by atomic mass is 16.2. The molecule has 1 aliphatic heterocycles. The predicted octanol–water partition coefficient (Wildman–Crippen LogP) is 2.25. The van der Waals surface area contributed by atoms with Crippen molar-refractivity contribution in [3.8, 4) is 0 Å². The van der Waals surface area contributed by atoms with Gasteiger partial charge in [0.25, 0.3) is 0 Å². The maximum atomic E-state index is 12.0. The number of rotatable bonds is 7. The largest absolute Gasteiger partial charge is 0.356 e. The molecule has 0 bridgehead atoms. The van der Waals surface area contributed by atoms with E-state index >= 15 is 0 Å². The maximum Gasteiger partial charge on any atom is 0.243 e. The molecule has 1 saturated carbocycles. The fourth-order valence-electron chi connectivity index (χ4n) is 4.22. The summed E-state index contributed by atoms with van der Waals surface area (Å²) in [5.41, 5.74) is 1.13. The van der Waals surface area contributed by atoms with Crippen LogP contribution in [0.4, 0.5) is 0 Å². The molecule has 7 nitrogen and oxygen atoms in total. The maximum absolute atomic E-state index is 12.0. The summed E-state index contributed by atoms with van der Waals surface area (Å²) in [7, 11) is 3.55. The molecule has 7 heteroatoms. The Morgan fingerprint density at radius 2 is 1.93 bits per heavy atom. The molecule has 1 aromatic rings. The average Bonchev–Trinajstić information content (AvgIpc) is 2.78. The first kappa shape index (κ1) is 22.5. The van der Waals surface area contributed by atoms with E-state index in [1.807, 2.05) is 18.3 Å². The number of pyridine rings is 1. The monoisotopic (exact) mass is 414 g/mol. The van der Waals surface area contributed by atoms with Crippen LogP contribution in [0.5, 0.6) is 0 Å². The smallest absolute Gasteiger partial charge is 0.243 e. The first-order valence-electron chi connectivity index (χ1n) is 11.5. The van der Waals surface area contributed by atoms with Crippen molar-refractivity contribution < 1.29 is 4.79 Å². The molecule has 0 atom stereocenters. The molecule has 1 saturated heterocycles. The molecule has 2 N–H and O–H groups in total. The lowest BCUT2D eigenvalue weighted by Gasteiger charge is -2.33. The van der Waals surface area contributed by atoms with E-state index in [0.29, 0.717) is 6.04 Å². The molecule has 3 rings (SSSR count). The standard InChI is InChI=1S/C23H38N6O/c1-28(2)22(30)17-26-23(25-16-19-8-4-3-5-9-19)27-20-11-14-29(15-12-20)18-21-10-6-7-13-24-21/h6-7,10,13,19-20H,3-5,8-9,11-12,14-18H2,1-2H3,(H2,25,26,27). The van der Waals surface area contributed by atoms with E-state index in [4.69, 9.17) is 0 Å². The molecule has 0 unspecified atom stereocenters. The van der Waals surface area contributed by atoms with Crippen LogP contribution >= 0.6 is 0 Å². The number of hydrogen-bond acceptors (Lipinski definition) is 4. The van der Waals surface area contributed by atoms with Crippen LogP contribution in [0, 0.1) is 5.92 Å². The lowest BCUT2D eigenvalue weighted by atomic mass is 9.89. The zero-order valence-electron chi connectivity index (χ0n) is 18.6. The molecule has 1 amide bonds. The average molecular weight is 415 g/mol. The van der Waals surface area contributed by atoms with E-state index < -0.39 is 0 Å². The molecule has 2 aliphatic rings. The fraction of sp³-hybridized carbons (Fsp3) is 0.696. The number of nitrogens with zero attached hydrogens (tertiary/aromatic N) is 4. The van der Waals surface area contributed by atoms with Crippen LogP contribution in [-0.4, -0.2) is 73.0 Å². The van der Waals surface area contributed by atoms with Gasteiger partial charge in [-0.05, 0) is 43.7 Å².